The van der Waals surface area contributed by atoms with E-state index >= 15 is 0 Å². The van der Waals surface area contributed by atoms with Crippen LogP contribution in [-0.4, -0.2) is 76.6 Å². The van der Waals surface area contributed by atoms with Gasteiger partial charge in [-0.2, -0.15) is 5.26 Å². The molecule has 2 aromatic carbocycles. The average Bonchev–Trinajstić information content (AvgIpc) is 3.37. The highest BCUT2D eigenvalue weighted by molar-refractivity contribution is 7.91. The molecule has 11 heteroatoms. The van der Waals surface area contributed by atoms with Gasteiger partial charge in [0.1, 0.15) is 5.75 Å². The third kappa shape index (κ3) is 7.24. The van der Waals surface area contributed by atoms with Crippen molar-refractivity contribution in [2.75, 3.05) is 55.9 Å². The van der Waals surface area contributed by atoms with Gasteiger partial charge in [0, 0.05) is 48.7 Å². The quantitative estimate of drug-likeness (QED) is 0.320. The van der Waals surface area contributed by atoms with Gasteiger partial charge in [-0.15, -0.1) is 11.3 Å². The second kappa shape index (κ2) is 13.7. The summed E-state index contributed by atoms with van der Waals surface area (Å²) in [7, 11) is 0.285. The highest BCUT2D eigenvalue weighted by Gasteiger charge is 2.30. The molecule has 1 saturated carbocycles. The van der Waals surface area contributed by atoms with Crippen molar-refractivity contribution in [2.24, 2.45) is 0 Å². The predicted octanol–water partition coefficient (Wildman–Crippen LogP) is 4.25. The molecular weight excluding hydrogens is 583 g/mol. The van der Waals surface area contributed by atoms with Crippen molar-refractivity contribution in [2.45, 2.75) is 44.2 Å². The summed E-state index contributed by atoms with van der Waals surface area (Å²) < 4.78 is 30.2. The zero-order chi connectivity index (χ0) is 30.4. The Bertz CT molecular complexity index is 1680. The molecule has 5 rings (SSSR count). The van der Waals surface area contributed by atoms with Crippen molar-refractivity contribution in [3.8, 4) is 23.7 Å². The van der Waals surface area contributed by atoms with Gasteiger partial charge in [-0.05, 0) is 49.9 Å². The second-order valence-corrected chi connectivity index (χ2v) is 14.2. The molecule has 2 fully saturated rings. The first kappa shape index (κ1) is 30.7. The molecule has 2 heterocycles. The lowest BCUT2D eigenvalue weighted by Crippen LogP contribution is -2.48. The maximum atomic E-state index is 11.9. The van der Waals surface area contributed by atoms with Crippen LogP contribution in [0.4, 0.5) is 11.4 Å². The van der Waals surface area contributed by atoms with Crippen LogP contribution in [0.25, 0.3) is 10.1 Å². The van der Waals surface area contributed by atoms with Crippen LogP contribution >= 0.6 is 11.3 Å². The van der Waals surface area contributed by atoms with E-state index in [-0.39, 0.29) is 23.8 Å². The van der Waals surface area contributed by atoms with Crippen molar-refractivity contribution in [3.63, 3.8) is 0 Å². The summed E-state index contributed by atoms with van der Waals surface area (Å²) in [4.78, 5) is 15.2. The van der Waals surface area contributed by atoms with Gasteiger partial charge in [0.25, 0.3) is 5.91 Å². The number of carbonyl (C=O) groups is 1. The van der Waals surface area contributed by atoms with Gasteiger partial charge in [-0.25, -0.2) is 8.42 Å². The number of methoxy groups -OCH3 is 1. The molecule has 0 radical (unpaired) electrons. The Morgan fingerprint density at radius 1 is 1.12 bits per heavy atom. The monoisotopic (exact) mass is 619 g/mol. The molecule has 226 valence electrons. The average molecular weight is 620 g/mol. The molecule has 1 amide bonds. The molecule has 0 unspecified atom stereocenters. The molecule has 3 N–H and O–H groups in total. The number of ether oxygens (including phenoxy) is 1. The fourth-order valence-corrected chi connectivity index (χ4v) is 8.32. The Morgan fingerprint density at radius 3 is 2.58 bits per heavy atom. The van der Waals surface area contributed by atoms with Crippen molar-refractivity contribution in [1.82, 2.24) is 10.2 Å². The number of sulfone groups is 1. The summed E-state index contributed by atoms with van der Waals surface area (Å²) in [5, 5.41) is 20.3. The van der Waals surface area contributed by atoms with E-state index in [9.17, 15) is 18.5 Å². The smallest absolute Gasteiger partial charge is 0.251 e. The summed E-state index contributed by atoms with van der Waals surface area (Å²) in [5.74, 6) is 7.41. The van der Waals surface area contributed by atoms with Crippen molar-refractivity contribution < 1.29 is 17.9 Å². The first-order chi connectivity index (χ1) is 20.8. The number of thiophene rings is 1. The second-order valence-electron chi connectivity index (χ2n) is 10.9. The minimum Gasteiger partial charge on any atom is -0.495 e. The fourth-order valence-electron chi connectivity index (χ4n) is 5.92. The summed E-state index contributed by atoms with van der Waals surface area (Å²) >= 11 is 1.61. The van der Waals surface area contributed by atoms with Crippen LogP contribution in [0.15, 0.2) is 36.4 Å². The first-order valence-electron chi connectivity index (χ1n) is 14.6. The van der Waals surface area contributed by atoms with Crippen LogP contribution in [0.2, 0.25) is 0 Å². The number of hydrogen-bond donors (Lipinski definition) is 3. The predicted molar refractivity (Wildman–Crippen MR) is 173 cm³/mol. The Morgan fingerprint density at radius 2 is 1.88 bits per heavy atom. The van der Waals surface area contributed by atoms with Gasteiger partial charge >= 0.3 is 0 Å². The van der Waals surface area contributed by atoms with Crippen LogP contribution < -0.4 is 20.7 Å². The van der Waals surface area contributed by atoms with Crippen LogP contribution in [0, 0.1) is 23.2 Å². The number of rotatable bonds is 8. The highest BCUT2D eigenvalue weighted by Crippen LogP contribution is 2.38. The number of carbonyl (C=O) groups excluding carboxylic acids is 1. The molecule has 0 atom stereocenters. The molecule has 43 heavy (non-hydrogen) atoms. The number of nitrogens with zero attached hydrogens (tertiary/aromatic N) is 2. The maximum absolute atomic E-state index is 11.9. The molecule has 3 aromatic rings. The standard InChI is InChI=1S/C32H37N5O4S2/c1-34-32(38)22-8-13-27(29(21-22)41-2)35-16-4-7-30-25(14-15-33)26-5-3-6-28(31(26)42-30)36-23-9-11-24(12-10-23)37-17-19-43(39,40)20-18-37/h3,5-6,8,13,21,23-24,35-36H,9-12,14,16-20H2,1-2H3,(H,34,38). The van der Waals surface area contributed by atoms with Crippen LogP contribution in [-0.2, 0) is 16.3 Å². The number of benzene rings is 2. The lowest BCUT2D eigenvalue weighted by molar-refractivity contribution is 0.0962. The first-order valence-corrected chi connectivity index (χ1v) is 17.2. The van der Waals surface area contributed by atoms with E-state index in [1.165, 1.54) is 0 Å². The number of anilines is 2. The third-order valence-corrected chi connectivity index (χ3v) is 11.1. The number of nitrogens with one attached hydrogen (secondary N) is 3. The Kier molecular flexibility index (Phi) is 9.76. The van der Waals surface area contributed by atoms with Crippen molar-refractivity contribution in [3.05, 3.63) is 52.4 Å². The Balaban J connectivity index is 1.26. The molecule has 9 nitrogen and oxygen atoms in total. The highest BCUT2D eigenvalue weighted by atomic mass is 32.2. The van der Waals surface area contributed by atoms with E-state index in [2.05, 4.69) is 50.9 Å². The normalized spacial score (nSPS) is 19.9. The summed E-state index contributed by atoms with van der Waals surface area (Å²) in [6.07, 6.45) is 4.47. The molecule has 2 aliphatic rings. The molecule has 1 aromatic heterocycles. The zero-order valence-electron chi connectivity index (χ0n) is 24.5. The van der Waals surface area contributed by atoms with Gasteiger partial charge in [-0.1, -0.05) is 24.0 Å². The van der Waals surface area contributed by atoms with E-state index in [4.69, 9.17) is 4.74 Å². The van der Waals surface area contributed by atoms with E-state index < -0.39 is 9.84 Å². The molecule has 1 aliphatic heterocycles. The van der Waals surface area contributed by atoms with E-state index in [1.54, 1.807) is 43.7 Å². The summed E-state index contributed by atoms with van der Waals surface area (Å²) in [5.41, 5.74) is 3.28. The topological polar surface area (TPSA) is 124 Å². The van der Waals surface area contributed by atoms with E-state index in [1.807, 2.05) is 6.07 Å². The van der Waals surface area contributed by atoms with E-state index in [0.29, 0.717) is 43.0 Å². The Hall–Kier alpha value is -3.77. The van der Waals surface area contributed by atoms with Gasteiger partial charge in [0.2, 0.25) is 0 Å². The SMILES string of the molecule is CNC(=O)c1ccc(NCC#Cc2sc3c(NC4CCC(N5CCS(=O)(=O)CC5)CC4)cccc3c2CC#N)c(OC)c1. The molecule has 1 aliphatic carbocycles. The van der Waals surface area contributed by atoms with Gasteiger partial charge < -0.3 is 20.7 Å². The fraction of sp³-hybridized carbons (Fsp3) is 0.438. The van der Waals surface area contributed by atoms with E-state index in [0.717, 1.165) is 57.6 Å². The number of nitriles is 1. The minimum atomic E-state index is -2.86. The van der Waals surface area contributed by atoms with Crippen molar-refractivity contribution in [1.29, 1.82) is 5.26 Å². The summed E-state index contributed by atoms with van der Waals surface area (Å²) in [6, 6.07) is 14.5. The lowest BCUT2D eigenvalue weighted by atomic mass is 9.90. The van der Waals surface area contributed by atoms with Crippen LogP contribution in [0.1, 0.15) is 46.5 Å². The van der Waals surface area contributed by atoms with Gasteiger partial charge in [0.15, 0.2) is 9.84 Å². The molecular formula is C32H37N5O4S2. The summed E-state index contributed by atoms with van der Waals surface area (Å²) in [6.45, 7) is 1.67. The number of amides is 1. The number of hydrogen-bond acceptors (Lipinski definition) is 9. The van der Waals surface area contributed by atoms with Crippen molar-refractivity contribution >= 4 is 48.5 Å². The zero-order valence-corrected chi connectivity index (χ0v) is 26.2. The molecule has 1 saturated heterocycles. The maximum Gasteiger partial charge on any atom is 0.251 e. The van der Waals surface area contributed by atoms with Gasteiger partial charge in [0.05, 0.1) is 58.6 Å². The minimum absolute atomic E-state index is 0.182. The lowest BCUT2D eigenvalue weighted by Gasteiger charge is -2.39. The van der Waals surface area contributed by atoms with Crippen LogP contribution in [0.5, 0.6) is 5.75 Å². The number of fused-ring (bicyclic) bond motifs is 1. The molecule has 0 spiro atoms. The van der Waals surface area contributed by atoms with Crippen LogP contribution in [0.3, 0.4) is 0 Å². The third-order valence-electron chi connectivity index (χ3n) is 8.29. The largest absolute Gasteiger partial charge is 0.495 e. The molecule has 0 bridgehead atoms. The Labute approximate surface area is 257 Å². The van der Waals surface area contributed by atoms with Gasteiger partial charge in [-0.3, -0.25) is 9.69 Å².